The van der Waals surface area contributed by atoms with Gasteiger partial charge in [-0.25, -0.2) is 0 Å². The van der Waals surface area contributed by atoms with Crippen molar-refractivity contribution in [2.45, 2.75) is 26.7 Å². The van der Waals surface area contributed by atoms with Gasteiger partial charge in [-0.15, -0.1) is 0 Å². The van der Waals surface area contributed by atoms with E-state index in [0.29, 0.717) is 0 Å². The minimum absolute atomic E-state index is 0.809. The normalized spacial score (nSPS) is 34.1. The van der Waals surface area contributed by atoms with Gasteiger partial charge in [-0.05, 0) is 0 Å². The van der Waals surface area contributed by atoms with E-state index in [1.165, 1.54) is 25.2 Å². The van der Waals surface area contributed by atoms with Gasteiger partial charge in [-0.2, -0.15) is 0 Å². The van der Waals surface area contributed by atoms with Crippen LogP contribution in [0.2, 0.25) is 0 Å². The molecule has 0 aromatic carbocycles. The van der Waals surface area contributed by atoms with Gasteiger partial charge in [-0.1, -0.05) is 0 Å². The quantitative estimate of drug-likeness (QED) is 0.616. The third-order valence-corrected chi connectivity index (χ3v) is 6.65. The molecule has 10 heavy (non-hydrogen) atoms. The predicted octanol–water partition coefficient (Wildman–Crippen LogP) is 2.09. The van der Waals surface area contributed by atoms with E-state index >= 15 is 0 Å². The second-order valence-corrected chi connectivity index (χ2v) is 7.68. The fourth-order valence-electron chi connectivity index (χ4n) is 2.06. The van der Waals surface area contributed by atoms with Gasteiger partial charge < -0.3 is 0 Å². The van der Waals surface area contributed by atoms with E-state index < -0.39 is 7.49 Å². The zero-order chi connectivity index (χ0) is 7.61. The monoisotopic (exact) mass is 162 g/mol. The number of hydrogen-bond acceptors (Lipinski definition) is 1. The molecule has 0 aromatic rings. The van der Waals surface area contributed by atoms with Crippen molar-refractivity contribution in [3.05, 3.63) is 0 Å². The average molecular weight is 162 g/mol. The Hall–Kier alpha value is 0.390. The molecule has 0 amide bonds. The van der Waals surface area contributed by atoms with Gasteiger partial charge >= 0.3 is 63.5 Å². The molecule has 0 saturated carbocycles. The van der Waals surface area contributed by atoms with Gasteiger partial charge in [-0.3, -0.25) is 0 Å². The molecule has 62 valence electrons. The van der Waals surface area contributed by atoms with Crippen LogP contribution >= 0.6 is 7.49 Å². The average Bonchev–Trinajstić information content (AvgIpc) is 2.12. The first kappa shape index (κ1) is 8.49. The Morgan fingerprint density at radius 1 is 1.60 bits per heavy atom. The third kappa shape index (κ3) is 1.93. The molecule has 1 rings (SSSR count). The molecule has 0 aromatic heterocycles. The molecule has 0 bridgehead atoms. The standard InChI is InChI=1S/C8H19OP/c1-3-5-10(9)6-4-8(2)7-10/h8-10H,3-7H2,1-2H3. The van der Waals surface area contributed by atoms with Crippen LogP contribution in [-0.2, 0) is 0 Å². The number of hydrogen-bond donors (Lipinski definition) is 1. The first-order valence-corrected chi connectivity index (χ1v) is 6.95. The van der Waals surface area contributed by atoms with E-state index in [2.05, 4.69) is 13.8 Å². The minimum atomic E-state index is -1.65. The fraction of sp³-hybridized carbons (Fsp3) is 1.00. The maximum absolute atomic E-state index is 10.0. The molecule has 1 aliphatic heterocycles. The first-order chi connectivity index (χ1) is 4.66. The van der Waals surface area contributed by atoms with Crippen LogP contribution in [0, 0.1) is 5.92 Å². The Bertz CT molecular complexity index is 112. The summed E-state index contributed by atoms with van der Waals surface area (Å²) >= 11 is 0. The van der Waals surface area contributed by atoms with Crippen LogP contribution < -0.4 is 0 Å². The molecular formula is C8H19OP. The molecule has 1 fully saturated rings. The van der Waals surface area contributed by atoms with Crippen molar-refractivity contribution >= 4 is 7.49 Å². The molecule has 1 nitrogen and oxygen atoms in total. The van der Waals surface area contributed by atoms with E-state index in [1.807, 2.05) is 0 Å². The van der Waals surface area contributed by atoms with Gasteiger partial charge in [0.2, 0.25) is 0 Å². The summed E-state index contributed by atoms with van der Waals surface area (Å²) in [4.78, 5) is 10.0. The van der Waals surface area contributed by atoms with Crippen molar-refractivity contribution in [3.8, 4) is 0 Å². The summed E-state index contributed by atoms with van der Waals surface area (Å²) in [5.41, 5.74) is 0. The van der Waals surface area contributed by atoms with Crippen molar-refractivity contribution < 1.29 is 4.89 Å². The van der Waals surface area contributed by atoms with Crippen LogP contribution in [-0.4, -0.2) is 23.4 Å². The van der Waals surface area contributed by atoms with E-state index in [0.717, 1.165) is 12.1 Å². The zero-order valence-electron chi connectivity index (χ0n) is 7.06. The van der Waals surface area contributed by atoms with Crippen LogP contribution in [0.15, 0.2) is 0 Å². The van der Waals surface area contributed by atoms with E-state index in [-0.39, 0.29) is 0 Å². The molecule has 1 aliphatic rings. The fourth-order valence-corrected chi connectivity index (χ4v) is 6.18. The Balaban J connectivity index is 2.38. The molecule has 1 heterocycles. The van der Waals surface area contributed by atoms with E-state index in [9.17, 15) is 4.89 Å². The second kappa shape index (κ2) is 3.19. The molecule has 1 saturated heterocycles. The van der Waals surface area contributed by atoms with Crippen LogP contribution in [0.1, 0.15) is 26.7 Å². The van der Waals surface area contributed by atoms with Gasteiger partial charge in [0.1, 0.15) is 0 Å². The second-order valence-electron chi connectivity index (χ2n) is 3.82. The molecule has 1 atom stereocenters. The molecule has 2 heteroatoms. The molecular weight excluding hydrogens is 143 g/mol. The Morgan fingerprint density at radius 3 is 2.70 bits per heavy atom. The van der Waals surface area contributed by atoms with Crippen LogP contribution in [0.4, 0.5) is 0 Å². The Morgan fingerprint density at radius 2 is 2.30 bits per heavy atom. The summed E-state index contributed by atoms with van der Waals surface area (Å²) in [5.74, 6) is 0.809. The van der Waals surface area contributed by atoms with E-state index in [4.69, 9.17) is 0 Å². The SMILES string of the molecule is CCC[PH]1(O)CCC(C)C1. The third-order valence-electron chi connectivity index (χ3n) is 2.55. The molecule has 1 N–H and O–H groups in total. The van der Waals surface area contributed by atoms with Crippen molar-refractivity contribution in [3.63, 3.8) is 0 Å². The van der Waals surface area contributed by atoms with Gasteiger partial charge in [0.15, 0.2) is 0 Å². The Labute approximate surface area is 64.3 Å². The summed E-state index contributed by atoms with van der Waals surface area (Å²) in [6.45, 7) is 4.44. The van der Waals surface area contributed by atoms with Gasteiger partial charge in [0.05, 0.1) is 0 Å². The summed E-state index contributed by atoms with van der Waals surface area (Å²) < 4.78 is 0. The van der Waals surface area contributed by atoms with Crippen LogP contribution in [0.3, 0.4) is 0 Å². The number of rotatable bonds is 2. The van der Waals surface area contributed by atoms with Crippen molar-refractivity contribution in [2.24, 2.45) is 5.92 Å². The molecule has 0 aliphatic carbocycles. The van der Waals surface area contributed by atoms with Crippen LogP contribution in [0.25, 0.3) is 0 Å². The topological polar surface area (TPSA) is 20.2 Å². The zero-order valence-corrected chi connectivity index (χ0v) is 8.06. The summed E-state index contributed by atoms with van der Waals surface area (Å²) in [6, 6.07) is 0. The van der Waals surface area contributed by atoms with Crippen molar-refractivity contribution in [1.82, 2.24) is 0 Å². The first-order valence-electron chi connectivity index (χ1n) is 4.39. The van der Waals surface area contributed by atoms with Crippen LogP contribution in [0.5, 0.6) is 0 Å². The van der Waals surface area contributed by atoms with Crippen molar-refractivity contribution in [1.29, 1.82) is 0 Å². The van der Waals surface area contributed by atoms with Gasteiger partial charge in [0.25, 0.3) is 0 Å². The summed E-state index contributed by atoms with van der Waals surface area (Å²) in [6.07, 6.45) is 5.93. The van der Waals surface area contributed by atoms with E-state index in [1.54, 1.807) is 0 Å². The summed E-state index contributed by atoms with van der Waals surface area (Å²) in [7, 11) is -1.65. The summed E-state index contributed by atoms with van der Waals surface area (Å²) in [5, 5.41) is 0. The Kier molecular flexibility index (Phi) is 2.71. The molecule has 0 radical (unpaired) electrons. The molecule has 0 spiro atoms. The van der Waals surface area contributed by atoms with Crippen molar-refractivity contribution in [2.75, 3.05) is 18.5 Å². The van der Waals surface area contributed by atoms with Gasteiger partial charge in [0, 0.05) is 0 Å². The molecule has 1 unspecified atom stereocenters. The predicted molar refractivity (Wildman–Crippen MR) is 49.2 cm³/mol. The maximum atomic E-state index is 10.0.